The lowest BCUT2D eigenvalue weighted by Crippen LogP contribution is -2.42. The number of amides is 1. The second-order valence-corrected chi connectivity index (χ2v) is 5.96. The third-order valence-electron chi connectivity index (χ3n) is 3.58. The largest absolute Gasteiger partial charge is 0.467 e. The maximum absolute atomic E-state index is 12.4. The number of carbonyl (C=O) groups is 1. The molecule has 3 nitrogen and oxygen atoms in total. The van der Waals surface area contributed by atoms with Gasteiger partial charge < -0.3 is 9.32 Å². The lowest BCUT2D eigenvalue weighted by atomic mass is 10.1. The van der Waals surface area contributed by atoms with E-state index >= 15 is 0 Å². The second kappa shape index (κ2) is 6.41. The van der Waals surface area contributed by atoms with Gasteiger partial charge in [-0.2, -0.15) is 0 Å². The van der Waals surface area contributed by atoms with E-state index < -0.39 is 0 Å². The van der Waals surface area contributed by atoms with Crippen LogP contribution in [0.5, 0.6) is 0 Å². The van der Waals surface area contributed by atoms with Crippen LogP contribution in [-0.2, 0) is 11.3 Å². The van der Waals surface area contributed by atoms with Crippen molar-refractivity contribution in [3.8, 4) is 0 Å². The third kappa shape index (κ3) is 3.16. The van der Waals surface area contributed by atoms with E-state index in [9.17, 15) is 4.79 Å². The fraction of sp³-hybridized carbons (Fsp3) is 0.643. The van der Waals surface area contributed by atoms with E-state index in [0.717, 1.165) is 25.0 Å². The van der Waals surface area contributed by atoms with Gasteiger partial charge in [-0.25, -0.2) is 0 Å². The van der Waals surface area contributed by atoms with Gasteiger partial charge in [-0.05, 0) is 31.4 Å². The molecule has 0 spiro atoms. The van der Waals surface area contributed by atoms with Gasteiger partial charge in [-0.1, -0.05) is 35.7 Å². The monoisotopic (exact) mass is 313 g/mol. The summed E-state index contributed by atoms with van der Waals surface area (Å²) in [6, 6.07) is 4.19. The smallest absolute Gasteiger partial charge is 0.236 e. The Morgan fingerprint density at radius 2 is 2.28 bits per heavy atom. The summed E-state index contributed by atoms with van der Waals surface area (Å²) < 4.78 is 5.38. The fourth-order valence-corrected chi connectivity index (χ4v) is 2.79. The summed E-state index contributed by atoms with van der Waals surface area (Å²) in [6.45, 7) is 2.62. The maximum Gasteiger partial charge on any atom is 0.236 e. The predicted octanol–water partition coefficient (Wildman–Crippen LogP) is 3.72. The van der Waals surface area contributed by atoms with Crippen molar-refractivity contribution in [3.63, 3.8) is 0 Å². The molecule has 1 fully saturated rings. The van der Waals surface area contributed by atoms with E-state index in [1.54, 1.807) is 6.26 Å². The van der Waals surface area contributed by atoms with E-state index in [4.69, 9.17) is 4.42 Å². The first kappa shape index (κ1) is 13.7. The van der Waals surface area contributed by atoms with Crippen molar-refractivity contribution in [2.75, 3.05) is 0 Å². The molecule has 100 valence electrons. The van der Waals surface area contributed by atoms with Gasteiger partial charge in [0.25, 0.3) is 0 Å². The van der Waals surface area contributed by atoms with E-state index in [2.05, 4.69) is 15.9 Å². The molecule has 2 rings (SSSR count). The molecule has 1 aromatic heterocycles. The number of halogens is 1. The molecule has 1 amide bonds. The Hall–Kier alpha value is -0.770. The zero-order valence-electron chi connectivity index (χ0n) is 10.8. The molecule has 4 heteroatoms. The highest BCUT2D eigenvalue weighted by molar-refractivity contribution is 9.10. The Bertz CT molecular complexity index is 371. The molecule has 1 aliphatic carbocycles. The average molecular weight is 314 g/mol. The van der Waals surface area contributed by atoms with Crippen LogP contribution in [-0.4, -0.2) is 21.7 Å². The molecule has 0 bridgehead atoms. The molecule has 1 atom stereocenters. The van der Waals surface area contributed by atoms with Gasteiger partial charge in [-0.15, -0.1) is 0 Å². The minimum atomic E-state index is -0.0759. The topological polar surface area (TPSA) is 33.5 Å². The number of carbonyl (C=O) groups excluding carboxylic acids is 1. The van der Waals surface area contributed by atoms with Crippen LogP contribution in [0.1, 0.15) is 44.8 Å². The Morgan fingerprint density at radius 1 is 1.56 bits per heavy atom. The highest BCUT2D eigenvalue weighted by Crippen LogP contribution is 2.27. The quantitative estimate of drug-likeness (QED) is 0.776. The van der Waals surface area contributed by atoms with Crippen LogP contribution in [0.2, 0.25) is 0 Å². The van der Waals surface area contributed by atoms with Gasteiger partial charge >= 0.3 is 0 Å². The van der Waals surface area contributed by atoms with Crippen molar-refractivity contribution in [2.24, 2.45) is 0 Å². The van der Waals surface area contributed by atoms with Crippen LogP contribution in [0.4, 0.5) is 0 Å². The molecule has 0 aliphatic heterocycles. The van der Waals surface area contributed by atoms with E-state index in [1.807, 2.05) is 24.0 Å². The minimum absolute atomic E-state index is 0.0759. The summed E-state index contributed by atoms with van der Waals surface area (Å²) in [6.07, 6.45) is 7.18. The Morgan fingerprint density at radius 3 is 2.83 bits per heavy atom. The van der Waals surface area contributed by atoms with Crippen molar-refractivity contribution >= 4 is 21.8 Å². The molecular weight excluding hydrogens is 294 g/mol. The van der Waals surface area contributed by atoms with Crippen LogP contribution in [0, 0.1) is 0 Å². The minimum Gasteiger partial charge on any atom is -0.467 e. The fourth-order valence-electron chi connectivity index (χ4n) is 2.53. The molecule has 0 radical (unpaired) electrons. The van der Waals surface area contributed by atoms with Crippen molar-refractivity contribution < 1.29 is 9.21 Å². The molecule has 1 unspecified atom stereocenters. The number of alkyl halides is 1. The molecular formula is C14H20BrNO2. The summed E-state index contributed by atoms with van der Waals surface area (Å²) in [4.78, 5) is 14.3. The number of furan rings is 1. The molecule has 0 aromatic carbocycles. The lowest BCUT2D eigenvalue weighted by molar-refractivity contribution is -0.133. The first-order chi connectivity index (χ1) is 8.72. The first-order valence-electron chi connectivity index (χ1n) is 6.69. The predicted molar refractivity (Wildman–Crippen MR) is 74.5 cm³/mol. The third-order valence-corrected chi connectivity index (χ3v) is 4.62. The van der Waals surface area contributed by atoms with E-state index in [1.165, 1.54) is 12.8 Å². The van der Waals surface area contributed by atoms with Crippen molar-refractivity contribution in [2.45, 2.75) is 56.4 Å². The number of hydrogen-bond acceptors (Lipinski definition) is 2. The number of nitrogens with zero attached hydrogens (tertiary/aromatic N) is 1. The molecule has 0 saturated heterocycles. The Labute approximate surface area is 117 Å². The van der Waals surface area contributed by atoms with Crippen LogP contribution < -0.4 is 0 Å². The van der Waals surface area contributed by atoms with E-state index in [-0.39, 0.29) is 10.7 Å². The summed E-state index contributed by atoms with van der Waals surface area (Å²) in [5.41, 5.74) is 0. The molecule has 1 aromatic rings. The number of rotatable bonds is 5. The average Bonchev–Trinajstić information content (AvgIpc) is 3.06. The van der Waals surface area contributed by atoms with Crippen molar-refractivity contribution in [1.82, 2.24) is 4.90 Å². The van der Waals surface area contributed by atoms with Gasteiger partial charge in [0, 0.05) is 6.04 Å². The van der Waals surface area contributed by atoms with Crippen LogP contribution >= 0.6 is 15.9 Å². The summed E-state index contributed by atoms with van der Waals surface area (Å²) in [5, 5.41) is 0. The zero-order valence-corrected chi connectivity index (χ0v) is 12.4. The van der Waals surface area contributed by atoms with Gasteiger partial charge in [0.2, 0.25) is 5.91 Å². The van der Waals surface area contributed by atoms with Gasteiger partial charge in [0.15, 0.2) is 0 Å². The van der Waals surface area contributed by atoms with Crippen LogP contribution in [0.25, 0.3) is 0 Å². The van der Waals surface area contributed by atoms with Crippen molar-refractivity contribution in [3.05, 3.63) is 24.2 Å². The standard InChI is InChI=1S/C14H20BrNO2/c1-2-13(15)14(17)16(11-6-3-4-7-11)10-12-8-5-9-18-12/h5,8-9,11,13H,2-4,6-7,10H2,1H3. The highest BCUT2D eigenvalue weighted by atomic mass is 79.9. The summed E-state index contributed by atoms with van der Waals surface area (Å²) >= 11 is 3.47. The Balaban J connectivity index is 2.09. The summed E-state index contributed by atoms with van der Waals surface area (Å²) in [5.74, 6) is 1.06. The molecule has 1 heterocycles. The lowest BCUT2D eigenvalue weighted by Gasteiger charge is -2.30. The summed E-state index contributed by atoms with van der Waals surface area (Å²) in [7, 11) is 0. The Kier molecular flexibility index (Phi) is 4.87. The van der Waals surface area contributed by atoms with Crippen molar-refractivity contribution in [1.29, 1.82) is 0 Å². The maximum atomic E-state index is 12.4. The molecule has 18 heavy (non-hydrogen) atoms. The normalized spacial score (nSPS) is 17.9. The first-order valence-corrected chi connectivity index (χ1v) is 7.61. The molecule has 1 saturated carbocycles. The van der Waals surface area contributed by atoms with Gasteiger partial charge in [0.05, 0.1) is 17.6 Å². The number of hydrogen-bond donors (Lipinski definition) is 0. The van der Waals surface area contributed by atoms with E-state index in [0.29, 0.717) is 12.6 Å². The zero-order chi connectivity index (χ0) is 13.0. The molecule has 0 N–H and O–H groups in total. The molecule has 1 aliphatic rings. The second-order valence-electron chi connectivity index (χ2n) is 4.86. The van der Waals surface area contributed by atoms with Crippen LogP contribution in [0.15, 0.2) is 22.8 Å². The highest BCUT2D eigenvalue weighted by Gasteiger charge is 2.30. The van der Waals surface area contributed by atoms with Gasteiger partial charge in [-0.3, -0.25) is 4.79 Å². The van der Waals surface area contributed by atoms with Gasteiger partial charge in [0.1, 0.15) is 5.76 Å². The SMILES string of the molecule is CCC(Br)C(=O)N(Cc1ccco1)C1CCCC1. The van der Waals surface area contributed by atoms with Crippen LogP contribution in [0.3, 0.4) is 0 Å².